The number of hydrogen-bond acceptors (Lipinski definition) is 5. The summed E-state index contributed by atoms with van der Waals surface area (Å²) in [6.45, 7) is 1.82. The van der Waals surface area contributed by atoms with E-state index in [0.717, 1.165) is 5.56 Å². The van der Waals surface area contributed by atoms with Gasteiger partial charge in [0.2, 0.25) is 5.75 Å². The Bertz CT molecular complexity index is 935. The summed E-state index contributed by atoms with van der Waals surface area (Å²) < 4.78 is 16.3. The predicted molar refractivity (Wildman–Crippen MR) is 115 cm³/mol. The molecule has 2 aromatic rings. The van der Waals surface area contributed by atoms with Gasteiger partial charge in [0.15, 0.2) is 16.6 Å². The summed E-state index contributed by atoms with van der Waals surface area (Å²) in [5.74, 6) is 1.23. The second-order valence-electron chi connectivity index (χ2n) is 6.35. The number of hydrogen-bond donors (Lipinski definition) is 3. The Kier molecular flexibility index (Phi) is 6.23. The predicted octanol–water partition coefficient (Wildman–Crippen LogP) is 3.14. The van der Waals surface area contributed by atoms with Crippen molar-refractivity contribution in [3.05, 3.63) is 59.3 Å². The molecule has 0 unspecified atom stereocenters. The van der Waals surface area contributed by atoms with Crippen molar-refractivity contribution in [3.8, 4) is 17.2 Å². The Morgan fingerprint density at radius 3 is 2.21 bits per heavy atom. The number of allylic oxidation sites excluding steroid dienone is 1. The van der Waals surface area contributed by atoms with Crippen molar-refractivity contribution in [1.29, 1.82) is 0 Å². The van der Waals surface area contributed by atoms with E-state index in [1.165, 1.54) is 0 Å². The van der Waals surface area contributed by atoms with E-state index < -0.39 is 6.04 Å². The molecule has 0 fully saturated rings. The smallest absolute Gasteiger partial charge is 0.255 e. The van der Waals surface area contributed by atoms with E-state index in [9.17, 15) is 4.79 Å². The molecule has 0 spiro atoms. The quantitative estimate of drug-likeness (QED) is 0.628. The van der Waals surface area contributed by atoms with Crippen molar-refractivity contribution >= 4 is 28.9 Å². The van der Waals surface area contributed by atoms with Crippen LogP contribution in [0.5, 0.6) is 17.2 Å². The maximum atomic E-state index is 13.1. The minimum Gasteiger partial charge on any atom is -0.493 e. The lowest BCUT2D eigenvalue weighted by Crippen LogP contribution is -2.45. The molecule has 1 aliphatic rings. The van der Waals surface area contributed by atoms with Crippen LogP contribution in [0.15, 0.2) is 53.7 Å². The van der Waals surface area contributed by atoms with Gasteiger partial charge < -0.3 is 30.2 Å². The number of benzene rings is 2. The summed E-state index contributed by atoms with van der Waals surface area (Å²) in [7, 11) is 4.64. The van der Waals surface area contributed by atoms with E-state index in [1.807, 2.05) is 37.3 Å². The molecule has 0 radical (unpaired) electrons. The number of anilines is 1. The van der Waals surface area contributed by atoms with Crippen LogP contribution in [0.4, 0.5) is 5.69 Å². The maximum absolute atomic E-state index is 13.1. The molecule has 2 aromatic carbocycles. The molecule has 1 aliphatic heterocycles. The lowest BCUT2D eigenvalue weighted by atomic mass is 9.94. The molecule has 0 bridgehead atoms. The summed E-state index contributed by atoms with van der Waals surface area (Å²) >= 11 is 5.32. The van der Waals surface area contributed by atoms with Gasteiger partial charge in [0.25, 0.3) is 5.91 Å². The van der Waals surface area contributed by atoms with Gasteiger partial charge >= 0.3 is 0 Å². The Morgan fingerprint density at radius 1 is 1.03 bits per heavy atom. The fraction of sp³-hybridized carbons (Fsp3) is 0.238. The van der Waals surface area contributed by atoms with Crippen LogP contribution in [0.3, 0.4) is 0 Å². The Balaban J connectivity index is 2.05. The highest BCUT2D eigenvalue weighted by Gasteiger charge is 2.31. The molecular weight excluding hydrogens is 390 g/mol. The molecule has 0 saturated heterocycles. The molecule has 0 saturated carbocycles. The molecule has 1 heterocycles. The van der Waals surface area contributed by atoms with Gasteiger partial charge in [-0.15, -0.1) is 0 Å². The second kappa shape index (κ2) is 8.83. The minimum absolute atomic E-state index is 0.241. The third-order valence-corrected chi connectivity index (χ3v) is 4.79. The highest BCUT2D eigenvalue weighted by Crippen LogP contribution is 2.41. The number of para-hydroxylation sites is 1. The van der Waals surface area contributed by atoms with Crippen LogP contribution in [0, 0.1) is 0 Å². The Labute approximate surface area is 175 Å². The average molecular weight is 413 g/mol. The van der Waals surface area contributed by atoms with Crippen LogP contribution in [0.2, 0.25) is 0 Å². The number of carbonyl (C=O) groups is 1. The lowest BCUT2D eigenvalue weighted by Gasteiger charge is -2.31. The van der Waals surface area contributed by atoms with Crippen molar-refractivity contribution < 1.29 is 19.0 Å². The van der Waals surface area contributed by atoms with Gasteiger partial charge in [0, 0.05) is 11.4 Å². The van der Waals surface area contributed by atoms with Gasteiger partial charge in [-0.25, -0.2) is 0 Å². The van der Waals surface area contributed by atoms with Crippen molar-refractivity contribution in [2.75, 3.05) is 26.6 Å². The van der Waals surface area contributed by atoms with Crippen LogP contribution in [0.25, 0.3) is 0 Å². The SMILES string of the molecule is COc1cc([C@@H]2NC(=S)NC(C)=C2C(=O)Nc2ccccc2)cc(OC)c1OC. The minimum atomic E-state index is -0.499. The molecule has 8 heteroatoms. The van der Waals surface area contributed by atoms with Crippen LogP contribution in [-0.2, 0) is 4.79 Å². The van der Waals surface area contributed by atoms with E-state index in [-0.39, 0.29) is 5.91 Å². The topological polar surface area (TPSA) is 80.9 Å². The van der Waals surface area contributed by atoms with Crippen molar-refractivity contribution in [2.45, 2.75) is 13.0 Å². The molecule has 3 rings (SSSR count). The zero-order valence-corrected chi connectivity index (χ0v) is 17.5. The standard InChI is InChI=1S/C21H23N3O4S/c1-12-17(20(25)23-14-8-6-5-7-9-14)18(24-21(29)22-12)13-10-15(26-2)19(28-4)16(11-13)27-3/h5-11,18H,1-4H3,(H,23,25)(H2,22,24,29)/t18-/m0/s1. The number of thiocarbonyl (C=S) groups is 1. The van der Waals surface area contributed by atoms with Crippen molar-refractivity contribution in [3.63, 3.8) is 0 Å². The molecule has 0 aliphatic carbocycles. The first kappa shape index (κ1) is 20.5. The number of nitrogens with one attached hydrogen (secondary N) is 3. The van der Waals surface area contributed by atoms with Gasteiger partial charge in [-0.05, 0) is 49.0 Å². The zero-order chi connectivity index (χ0) is 21.0. The lowest BCUT2D eigenvalue weighted by molar-refractivity contribution is -0.113. The average Bonchev–Trinajstić information content (AvgIpc) is 2.72. The van der Waals surface area contributed by atoms with E-state index in [2.05, 4.69) is 16.0 Å². The fourth-order valence-corrected chi connectivity index (χ4v) is 3.50. The first-order chi connectivity index (χ1) is 14.0. The normalized spacial score (nSPS) is 15.9. The highest BCUT2D eigenvalue weighted by atomic mass is 32.1. The van der Waals surface area contributed by atoms with Crippen LogP contribution < -0.4 is 30.2 Å². The number of ether oxygens (including phenoxy) is 3. The molecule has 3 N–H and O–H groups in total. The number of rotatable bonds is 6. The molecule has 0 aromatic heterocycles. The summed E-state index contributed by atoms with van der Waals surface area (Å²) in [5.41, 5.74) is 2.63. The highest BCUT2D eigenvalue weighted by molar-refractivity contribution is 7.80. The second-order valence-corrected chi connectivity index (χ2v) is 6.76. The summed E-state index contributed by atoms with van der Waals surface area (Å²) in [5, 5.41) is 9.55. The molecular formula is C21H23N3O4S. The Morgan fingerprint density at radius 2 is 1.66 bits per heavy atom. The van der Waals surface area contributed by atoms with E-state index in [4.69, 9.17) is 26.4 Å². The number of amides is 1. The van der Waals surface area contributed by atoms with Crippen LogP contribution in [0.1, 0.15) is 18.5 Å². The number of carbonyl (C=O) groups excluding carboxylic acids is 1. The maximum Gasteiger partial charge on any atom is 0.255 e. The van der Waals surface area contributed by atoms with Gasteiger partial charge in [0.05, 0.1) is 32.9 Å². The van der Waals surface area contributed by atoms with Gasteiger partial charge in [-0.1, -0.05) is 18.2 Å². The first-order valence-corrected chi connectivity index (χ1v) is 9.34. The molecule has 1 amide bonds. The van der Waals surface area contributed by atoms with Crippen LogP contribution >= 0.6 is 12.2 Å². The Hall–Kier alpha value is -3.26. The summed E-state index contributed by atoms with van der Waals surface area (Å²) in [4.78, 5) is 13.1. The monoisotopic (exact) mass is 413 g/mol. The summed E-state index contributed by atoms with van der Waals surface area (Å²) in [6.07, 6.45) is 0. The third kappa shape index (κ3) is 4.27. The molecule has 152 valence electrons. The fourth-order valence-electron chi connectivity index (χ4n) is 3.23. The number of methoxy groups -OCH3 is 3. The largest absolute Gasteiger partial charge is 0.493 e. The van der Waals surface area contributed by atoms with Gasteiger partial charge in [-0.3, -0.25) is 4.79 Å². The first-order valence-electron chi connectivity index (χ1n) is 8.93. The van der Waals surface area contributed by atoms with Gasteiger partial charge in [-0.2, -0.15) is 0 Å². The zero-order valence-electron chi connectivity index (χ0n) is 16.7. The van der Waals surface area contributed by atoms with E-state index >= 15 is 0 Å². The van der Waals surface area contributed by atoms with E-state index in [1.54, 1.807) is 33.5 Å². The summed E-state index contributed by atoms with van der Waals surface area (Å²) in [6, 6.07) is 12.4. The van der Waals surface area contributed by atoms with Crippen molar-refractivity contribution in [1.82, 2.24) is 10.6 Å². The van der Waals surface area contributed by atoms with E-state index in [0.29, 0.717) is 39.3 Å². The van der Waals surface area contributed by atoms with Crippen molar-refractivity contribution in [2.24, 2.45) is 0 Å². The molecule has 29 heavy (non-hydrogen) atoms. The molecule has 1 atom stereocenters. The molecule has 7 nitrogen and oxygen atoms in total. The van der Waals surface area contributed by atoms with Gasteiger partial charge in [0.1, 0.15) is 0 Å². The third-order valence-electron chi connectivity index (χ3n) is 4.57. The van der Waals surface area contributed by atoms with Crippen LogP contribution in [-0.4, -0.2) is 32.3 Å².